The van der Waals surface area contributed by atoms with Gasteiger partial charge in [0.05, 0.1) is 12.2 Å². The molecule has 0 heterocycles. The molecule has 0 aliphatic carbocycles. The molecule has 0 unspecified atom stereocenters. The van der Waals surface area contributed by atoms with E-state index in [2.05, 4.69) is 85.3 Å². The zero-order chi connectivity index (χ0) is 27.4. The molecule has 7 heteroatoms. The zero-order valence-electron chi connectivity index (χ0n) is 24.3. The molecule has 0 bridgehead atoms. The van der Waals surface area contributed by atoms with E-state index in [1.165, 1.54) is 5.57 Å². The summed E-state index contributed by atoms with van der Waals surface area (Å²) in [6.45, 7) is 18.9. The number of likely N-dealkylation sites (N-methyl/N-ethyl adjacent to an activating group) is 1. The Labute approximate surface area is 226 Å². The van der Waals surface area contributed by atoms with Crippen LogP contribution in [0.15, 0.2) is 58.1 Å². The van der Waals surface area contributed by atoms with Crippen LogP contribution in [-0.4, -0.2) is 75.7 Å². The molecule has 0 aliphatic rings. The lowest BCUT2D eigenvalue weighted by Gasteiger charge is -2.19. The van der Waals surface area contributed by atoms with Crippen LogP contribution in [0.2, 0.25) is 0 Å². The molecule has 1 rings (SSSR count). The van der Waals surface area contributed by atoms with E-state index in [4.69, 9.17) is 9.47 Å². The van der Waals surface area contributed by atoms with Crippen LogP contribution in [0.1, 0.15) is 60.8 Å². The highest BCUT2D eigenvalue weighted by Gasteiger charge is 2.08. The van der Waals surface area contributed by atoms with Crippen molar-refractivity contribution in [2.75, 3.05) is 58.3 Å². The number of hydrogen-bond donors (Lipinski definition) is 2. The van der Waals surface area contributed by atoms with Gasteiger partial charge in [-0.2, -0.15) is 0 Å². The maximum absolute atomic E-state index is 5.86. The van der Waals surface area contributed by atoms with Gasteiger partial charge in [-0.3, -0.25) is 4.99 Å². The van der Waals surface area contributed by atoms with Crippen molar-refractivity contribution in [1.82, 2.24) is 10.2 Å². The van der Waals surface area contributed by atoms with E-state index >= 15 is 0 Å². The highest BCUT2D eigenvalue weighted by molar-refractivity contribution is 5.98. The minimum absolute atomic E-state index is 0.0700. The van der Waals surface area contributed by atoms with Crippen LogP contribution in [0.3, 0.4) is 0 Å². The van der Waals surface area contributed by atoms with Crippen LogP contribution in [0.5, 0.6) is 5.75 Å². The number of benzene rings is 1. The SMILES string of the molecule is C/C=C(\C/C=C\CCNCCOC(C)(C)C)C/C=N\C(=NC)Nc1ccc(OCCN(CC)CC)cc1. The molecule has 0 atom stereocenters. The lowest BCUT2D eigenvalue weighted by molar-refractivity contribution is -0.000698. The lowest BCUT2D eigenvalue weighted by Crippen LogP contribution is -2.27. The van der Waals surface area contributed by atoms with Crippen molar-refractivity contribution in [2.45, 2.75) is 66.4 Å². The number of allylic oxidation sites excluding steroid dienone is 3. The Kier molecular flexibility index (Phi) is 17.2. The van der Waals surface area contributed by atoms with Crippen LogP contribution in [0.4, 0.5) is 5.69 Å². The van der Waals surface area contributed by atoms with Gasteiger partial charge in [-0.25, -0.2) is 4.99 Å². The van der Waals surface area contributed by atoms with Crippen LogP contribution in [-0.2, 0) is 4.74 Å². The third kappa shape index (κ3) is 16.8. The smallest absolute Gasteiger partial charge is 0.221 e. The maximum Gasteiger partial charge on any atom is 0.221 e. The topological polar surface area (TPSA) is 70.5 Å². The van der Waals surface area contributed by atoms with Gasteiger partial charge in [-0.05, 0) is 84.4 Å². The summed E-state index contributed by atoms with van der Waals surface area (Å²) in [5.74, 6) is 1.45. The number of rotatable bonds is 17. The first-order chi connectivity index (χ1) is 17.8. The molecule has 0 radical (unpaired) electrons. The largest absolute Gasteiger partial charge is 0.492 e. The molecular formula is C30H51N5O2. The normalized spacial score (nSPS) is 13.3. The second-order valence-electron chi connectivity index (χ2n) is 9.71. The zero-order valence-corrected chi connectivity index (χ0v) is 24.3. The predicted octanol–water partition coefficient (Wildman–Crippen LogP) is 5.95. The van der Waals surface area contributed by atoms with Gasteiger partial charge in [0.15, 0.2) is 0 Å². The maximum atomic E-state index is 5.86. The first-order valence-electron chi connectivity index (χ1n) is 13.7. The first-order valence-corrected chi connectivity index (χ1v) is 13.7. The third-order valence-corrected chi connectivity index (χ3v) is 5.72. The van der Waals surface area contributed by atoms with Crippen molar-refractivity contribution in [3.8, 4) is 5.75 Å². The fraction of sp³-hybridized carbons (Fsp3) is 0.600. The summed E-state index contributed by atoms with van der Waals surface area (Å²) in [5.41, 5.74) is 2.19. The molecule has 0 saturated heterocycles. The van der Waals surface area contributed by atoms with Crippen LogP contribution in [0, 0.1) is 0 Å². The Balaban J connectivity index is 2.33. The Bertz CT molecular complexity index is 835. The van der Waals surface area contributed by atoms with Gasteiger partial charge in [0.25, 0.3) is 0 Å². The van der Waals surface area contributed by atoms with E-state index in [0.29, 0.717) is 12.6 Å². The molecule has 37 heavy (non-hydrogen) atoms. The van der Waals surface area contributed by atoms with Crippen molar-refractivity contribution in [1.29, 1.82) is 0 Å². The number of anilines is 1. The fourth-order valence-corrected chi connectivity index (χ4v) is 3.40. The Hall–Kier alpha value is -2.48. The van der Waals surface area contributed by atoms with Gasteiger partial charge >= 0.3 is 0 Å². The van der Waals surface area contributed by atoms with E-state index in [-0.39, 0.29) is 5.60 Å². The number of nitrogens with one attached hydrogen (secondary N) is 2. The summed E-state index contributed by atoms with van der Waals surface area (Å²) in [6.07, 6.45) is 11.3. The number of hydrogen-bond acceptors (Lipinski definition) is 5. The molecule has 0 aromatic heterocycles. The van der Waals surface area contributed by atoms with E-state index in [1.807, 2.05) is 30.5 Å². The number of aliphatic imine (C=N–C) groups is 2. The van der Waals surface area contributed by atoms with Gasteiger partial charge in [-0.1, -0.05) is 37.6 Å². The highest BCUT2D eigenvalue weighted by atomic mass is 16.5. The minimum Gasteiger partial charge on any atom is -0.492 e. The molecule has 1 aromatic carbocycles. The van der Waals surface area contributed by atoms with Crippen molar-refractivity contribution in [3.63, 3.8) is 0 Å². The summed E-state index contributed by atoms with van der Waals surface area (Å²) in [4.78, 5) is 11.1. The van der Waals surface area contributed by atoms with Crippen molar-refractivity contribution >= 4 is 17.9 Å². The van der Waals surface area contributed by atoms with E-state index in [9.17, 15) is 0 Å². The first kappa shape index (κ1) is 32.5. The molecule has 1 aromatic rings. The van der Waals surface area contributed by atoms with Gasteiger partial charge < -0.3 is 25.0 Å². The van der Waals surface area contributed by atoms with E-state index < -0.39 is 0 Å². The van der Waals surface area contributed by atoms with Crippen molar-refractivity contribution < 1.29 is 9.47 Å². The number of guanidine groups is 1. The van der Waals surface area contributed by atoms with E-state index in [1.54, 1.807) is 7.05 Å². The molecule has 0 spiro atoms. The molecule has 0 saturated carbocycles. The summed E-state index contributed by atoms with van der Waals surface area (Å²) in [7, 11) is 1.74. The van der Waals surface area contributed by atoms with Gasteiger partial charge in [0.2, 0.25) is 5.96 Å². The van der Waals surface area contributed by atoms with Crippen LogP contribution < -0.4 is 15.4 Å². The predicted molar refractivity (Wildman–Crippen MR) is 161 cm³/mol. The molecule has 2 N–H and O–H groups in total. The van der Waals surface area contributed by atoms with Crippen molar-refractivity contribution in [3.05, 3.63) is 48.1 Å². The third-order valence-electron chi connectivity index (χ3n) is 5.72. The fourth-order valence-electron chi connectivity index (χ4n) is 3.40. The Morgan fingerprint density at radius 2 is 1.73 bits per heavy atom. The minimum atomic E-state index is -0.0700. The standard InChI is InChI=1S/C30H51N5O2/c1-8-26(14-12-11-13-20-32-22-24-37-30(4,5)6)19-21-33-29(31-7)34-27-15-17-28(18-16-27)36-25-23-35(9-2)10-3/h8,11-12,15-18,21,32H,9-10,13-14,19-20,22-25H2,1-7H3,(H,31,34)/b12-11-,26-8+,33-21-. The summed E-state index contributed by atoms with van der Waals surface area (Å²) < 4.78 is 11.6. The average Bonchev–Trinajstić information content (AvgIpc) is 2.88. The number of ether oxygens (including phenoxy) is 2. The second kappa shape index (κ2) is 19.6. The van der Waals surface area contributed by atoms with Gasteiger partial charge in [-0.15, -0.1) is 0 Å². The second-order valence-corrected chi connectivity index (χ2v) is 9.71. The molecular weight excluding hydrogens is 462 g/mol. The molecule has 7 nitrogen and oxygen atoms in total. The Morgan fingerprint density at radius 3 is 2.35 bits per heavy atom. The molecule has 0 amide bonds. The molecule has 208 valence electrons. The average molecular weight is 514 g/mol. The molecule has 0 aliphatic heterocycles. The quantitative estimate of drug-likeness (QED) is 0.117. The monoisotopic (exact) mass is 513 g/mol. The van der Waals surface area contributed by atoms with Crippen molar-refractivity contribution in [2.24, 2.45) is 9.98 Å². The highest BCUT2D eigenvalue weighted by Crippen LogP contribution is 2.16. The summed E-state index contributed by atoms with van der Waals surface area (Å²) in [6, 6.07) is 7.92. The van der Waals surface area contributed by atoms with Gasteiger partial charge in [0, 0.05) is 38.5 Å². The van der Waals surface area contributed by atoms with Crippen LogP contribution in [0.25, 0.3) is 0 Å². The van der Waals surface area contributed by atoms with Crippen LogP contribution >= 0.6 is 0 Å². The number of nitrogens with zero attached hydrogens (tertiary/aromatic N) is 3. The Morgan fingerprint density at radius 1 is 1.00 bits per heavy atom. The lowest BCUT2D eigenvalue weighted by atomic mass is 10.1. The summed E-state index contributed by atoms with van der Waals surface area (Å²) in [5, 5.41) is 6.68. The van der Waals surface area contributed by atoms with Gasteiger partial charge in [0.1, 0.15) is 12.4 Å². The van der Waals surface area contributed by atoms with E-state index in [0.717, 1.165) is 70.0 Å². The molecule has 0 fully saturated rings. The summed E-state index contributed by atoms with van der Waals surface area (Å²) >= 11 is 0.